The topological polar surface area (TPSA) is 113 Å². The average molecular weight is 465 g/mol. The van der Waals surface area contributed by atoms with Gasteiger partial charge in [-0.15, -0.1) is 0 Å². The number of amides is 1. The SMILES string of the molecule is Cc1ccc(S(=O)(=O)N2CC(O)CC2C(=O)OCC(=O)NCCC2=CCCCC2)cc1C. The quantitative estimate of drug-likeness (QED) is 0.449. The number of β-amino-alcohol motifs (C(OH)–C–C–N with tert-alkyl or cyclic N) is 1. The summed E-state index contributed by atoms with van der Waals surface area (Å²) in [5.41, 5.74) is 3.10. The van der Waals surface area contributed by atoms with Crippen LogP contribution in [0.4, 0.5) is 0 Å². The highest BCUT2D eigenvalue weighted by Crippen LogP contribution is 2.28. The molecule has 0 spiro atoms. The number of benzene rings is 1. The fraction of sp³-hybridized carbons (Fsp3) is 0.565. The zero-order valence-corrected chi connectivity index (χ0v) is 19.5. The van der Waals surface area contributed by atoms with E-state index in [-0.39, 0.29) is 17.9 Å². The van der Waals surface area contributed by atoms with Gasteiger partial charge in [0.2, 0.25) is 10.0 Å². The Bertz CT molecular complexity index is 988. The third-order valence-electron chi connectivity index (χ3n) is 6.09. The van der Waals surface area contributed by atoms with Crippen molar-refractivity contribution >= 4 is 21.9 Å². The number of aliphatic hydroxyl groups is 1. The average Bonchev–Trinajstić information content (AvgIpc) is 3.17. The molecule has 0 radical (unpaired) electrons. The van der Waals surface area contributed by atoms with Crippen LogP contribution in [0.2, 0.25) is 0 Å². The Morgan fingerprint density at radius 3 is 2.69 bits per heavy atom. The molecule has 9 heteroatoms. The minimum Gasteiger partial charge on any atom is -0.454 e. The molecule has 32 heavy (non-hydrogen) atoms. The molecule has 1 aromatic rings. The minimum atomic E-state index is -4.00. The highest BCUT2D eigenvalue weighted by Gasteiger charge is 2.44. The van der Waals surface area contributed by atoms with E-state index in [1.165, 1.54) is 24.5 Å². The van der Waals surface area contributed by atoms with Gasteiger partial charge in [0, 0.05) is 19.5 Å². The first kappa shape index (κ1) is 24.4. The third kappa shape index (κ3) is 5.96. The van der Waals surface area contributed by atoms with Crippen LogP contribution in [-0.2, 0) is 24.3 Å². The number of aliphatic hydroxyl groups excluding tert-OH is 1. The molecular weight excluding hydrogens is 432 g/mol. The van der Waals surface area contributed by atoms with Crippen LogP contribution < -0.4 is 5.32 Å². The van der Waals surface area contributed by atoms with Crippen molar-refractivity contribution in [3.05, 3.63) is 41.0 Å². The molecule has 176 valence electrons. The minimum absolute atomic E-state index is 0.0576. The maximum absolute atomic E-state index is 13.1. The summed E-state index contributed by atoms with van der Waals surface area (Å²) in [5, 5.41) is 12.8. The first-order chi connectivity index (χ1) is 15.2. The number of hydrogen-bond donors (Lipinski definition) is 2. The zero-order chi connectivity index (χ0) is 23.3. The summed E-state index contributed by atoms with van der Waals surface area (Å²) in [7, 11) is -4.00. The second-order valence-corrected chi connectivity index (χ2v) is 10.4. The Morgan fingerprint density at radius 1 is 1.22 bits per heavy atom. The van der Waals surface area contributed by atoms with Gasteiger partial charge >= 0.3 is 5.97 Å². The van der Waals surface area contributed by atoms with E-state index in [2.05, 4.69) is 11.4 Å². The normalized spacial score (nSPS) is 21.8. The van der Waals surface area contributed by atoms with Crippen LogP contribution in [0.5, 0.6) is 0 Å². The Hall–Kier alpha value is -2.23. The molecule has 1 fully saturated rings. The van der Waals surface area contributed by atoms with E-state index in [9.17, 15) is 23.1 Å². The van der Waals surface area contributed by atoms with E-state index in [1.54, 1.807) is 12.1 Å². The summed E-state index contributed by atoms with van der Waals surface area (Å²) >= 11 is 0. The van der Waals surface area contributed by atoms with Gasteiger partial charge in [-0.2, -0.15) is 4.31 Å². The Balaban J connectivity index is 1.56. The lowest BCUT2D eigenvalue weighted by molar-refractivity contribution is -0.151. The highest BCUT2D eigenvalue weighted by molar-refractivity contribution is 7.89. The van der Waals surface area contributed by atoms with Gasteiger partial charge < -0.3 is 15.2 Å². The molecule has 0 bridgehead atoms. The second kappa shape index (κ2) is 10.6. The standard InChI is InChI=1S/C23H32N2O6S/c1-16-8-9-20(12-17(16)2)32(29,30)25-14-19(26)13-21(25)23(28)31-15-22(27)24-11-10-18-6-4-3-5-7-18/h6,8-9,12,19,21,26H,3-5,7,10-11,13-15H2,1-2H3,(H,24,27). The fourth-order valence-electron chi connectivity index (χ4n) is 4.05. The van der Waals surface area contributed by atoms with Crippen LogP contribution in [0, 0.1) is 13.8 Å². The second-order valence-electron chi connectivity index (χ2n) is 8.54. The van der Waals surface area contributed by atoms with E-state index in [0.717, 1.165) is 34.7 Å². The Kier molecular flexibility index (Phi) is 8.08. The molecule has 1 saturated heterocycles. The van der Waals surface area contributed by atoms with Crippen molar-refractivity contribution in [2.45, 2.75) is 69.4 Å². The summed E-state index contributed by atoms with van der Waals surface area (Å²) in [6.45, 7) is 3.47. The molecule has 2 aliphatic rings. The fourth-order valence-corrected chi connectivity index (χ4v) is 5.76. The molecule has 1 amide bonds. The van der Waals surface area contributed by atoms with Crippen LogP contribution in [0.15, 0.2) is 34.7 Å². The number of hydrogen-bond acceptors (Lipinski definition) is 6. The number of carbonyl (C=O) groups excluding carboxylic acids is 2. The highest BCUT2D eigenvalue weighted by atomic mass is 32.2. The monoisotopic (exact) mass is 464 g/mol. The van der Waals surface area contributed by atoms with E-state index >= 15 is 0 Å². The van der Waals surface area contributed by atoms with Gasteiger partial charge in [-0.25, -0.2) is 8.42 Å². The number of ether oxygens (including phenoxy) is 1. The number of nitrogens with zero attached hydrogens (tertiary/aromatic N) is 1. The van der Waals surface area contributed by atoms with Crippen molar-refractivity contribution in [1.82, 2.24) is 9.62 Å². The third-order valence-corrected chi connectivity index (χ3v) is 7.96. The maximum atomic E-state index is 13.1. The Labute approximate surface area is 189 Å². The van der Waals surface area contributed by atoms with E-state index in [1.807, 2.05) is 13.8 Å². The smallest absolute Gasteiger partial charge is 0.325 e. The number of rotatable bonds is 8. The van der Waals surface area contributed by atoms with Gasteiger partial charge in [0.05, 0.1) is 11.0 Å². The lowest BCUT2D eigenvalue weighted by Crippen LogP contribution is -2.42. The lowest BCUT2D eigenvalue weighted by atomic mass is 9.97. The molecule has 2 atom stereocenters. The largest absolute Gasteiger partial charge is 0.454 e. The van der Waals surface area contributed by atoms with Crippen molar-refractivity contribution < 1.29 is 27.9 Å². The van der Waals surface area contributed by atoms with Crippen LogP contribution in [-0.4, -0.2) is 61.5 Å². The predicted molar refractivity (Wildman–Crippen MR) is 119 cm³/mol. The number of sulfonamides is 1. The molecule has 3 rings (SSSR count). The number of allylic oxidation sites excluding steroid dienone is 1. The molecule has 0 aromatic heterocycles. The van der Waals surface area contributed by atoms with Gasteiger partial charge in [0.1, 0.15) is 6.04 Å². The van der Waals surface area contributed by atoms with Gasteiger partial charge in [-0.1, -0.05) is 17.7 Å². The Morgan fingerprint density at radius 2 is 2.00 bits per heavy atom. The van der Waals surface area contributed by atoms with Gasteiger partial charge in [0.25, 0.3) is 5.91 Å². The molecule has 0 saturated carbocycles. The number of esters is 1. The van der Waals surface area contributed by atoms with Crippen LogP contribution in [0.1, 0.15) is 49.7 Å². The molecule has 1 aliphatic carbocycles. The van der Waals surface area contributed by atoms with Crippen molar-refractivity contribution in [3.8, 4) is 0 Å². The van der Waals surface area contributed by atoms with Gasteiger partial charge in [-0.3, -0.25) is 9.59 Å². The molecule has 8 nitrogen and oxygen atoms in total. The van der Waals surface area contributed by atoms with E-state index in [4.69, 9.17) is 4.74 Å². The summed E-state index contributed by atoms with van der Waals surface area (Å²) < 4.78 is 32.3. The van der Waals surface area contributed by atoms with E-state index < -0.39 is 40.7 Å². The molecule has 2 N–H and O–H groups in total. The molecule has 1 aliphatic heterocycles. The first-order valence-electron chi connectivity index (χ1n) is 11.1. The molecule has 1 aromatic carbocycles. The summed E-state index contributed by atoms with van der Waals surface area (Å²) in [4.78, 5) is 24.7. The zero-order valence-electron chi connectivity index (χ0n) is 18.7. The lowest BCUT2D eigenvalue weighted by Gasteiger charge is -2.22. The first-order valence-corrected chi connectivity index (χ1v) is 12.5. The molecule has 2 unspecified atom stereocenters. The van der Waals surface area contributed by atoms with Crippen LogP contribution in [0.25, 0.3) is 0 Å². The van der Waals surface area contributed by atoms with Crippen LogP contribution in [0.3, 0.4) is 0 Å². The number of carbonyl (C=O) groups is 2. The summed E-state index contributed by atoms with van der Waals surface area (Å²) in [6.07, 6.45) is 6.45. The van der Waals surface area contributed by atoms with E-state index in [0.29, 0.717) is 6.54 Å². The van der Waals surface area contributed by atoms with Crippen molar-refractivity contribution in [2.75, 3.05) is 19.7 Å². The van der Waals surface area contributed by atoms with Crippen molar-refractivity contribution in [1.29, 1.82) is 0 Å². The molecule has 1 heterocycles. The maximum Gasteiger partial charge on any atom is 0.325 e. The van der Waals surface area contributed by atoms with Gasteiger partial charge in [0.15, 0.2) is 6.61 Å². The number of aryl methyl sites for hydroxylation is 2. The van der Waals surface area contributed by atoms with Crippen molar-refractivity contribution in [3.63, 3.8) is 0 Å². The number of nitrogens with one attached hydrogen (secondary N) is 1. The van der Waals surface area contributed by atoms with Gasteiger partial charge in [-0.05, 0) is 69.2 Å². The predicted octanol–water partition coefficient (Wildman–Crippen LogP) is 1.98. The van der Waals surface area contributed by atoms with Crippen LogP contribution >= 0.6 is 0 Å². The summed E-state index contributed by atoms with van der Waals surface area (Å²) in [5.74, 6) is -1.27. The molecular formula is C23H32N2O6S. The summed E-state index contributed by atoms with van der Waals surface area (Å²) in [6, 6.07) is 3.57. The van der Waals surface area contributed by atoms with Crippen molar-refractivity contribution in [2.24, 2.45) is 0 Å².